The van der Waals surface area contributed by atoms with Crippen molar-refractivity contribution in [3.05, 3.63) is 93.9 Å². The largest absolute Gasteiger partial charge is 0.496 e. The Morgan fingerprint density at radius 1 is 0.969 bits per heavy atom. The summed E-state index contributed by atoms with van der Waals surface area (Å²) in [6.07, 6.45) is 0. The van der Waals surface area contributed by atoms with E-state index >= 15 is 0 Å². The molecule has 0 saturated heterocycles. The Balaban J connectivity index is 1.89. The second kappa shape index (κ2) is 8.48. The molecule has 0 unspecified atom stereocenters. The van der Waals surface area contributed by atoms with Gasteiger partial charge in [0.05, 0.1) is 23.4 Å². The molecular weight excluding hydrogens is 431 g/mol. The SMILES string of the molecule is COc1ccccc1C1=C(Nc2cc(C)ccc2C)C(=O)N(c2ccc(F)c(Cl)c2)C1=O. The minimum atomic E-state index is -0.638. The van der Waals surface area contributed by atoms with Gasteiger partial charge in [-0.3, -0.25) is 9.59 Å². The van der Waals surface area contributed by atoms with Crippen molar-refractivity contribution in [3.8, 4) is 5.75 Å². The molecule has 0 atom stereocenters. The predicted molar refractivity (Wildman–Crippen MR) is 123 cm³/mol. The third-order valence-corrected chi connectivity index (χ3v) is 5.56. The second-order valence-corrected chi connectivity index (χ2v) is 7.84. The molecule has 0 radical (unpaired) electrons. The van der Waals surface area contributed by atoms with Gasteiger partial charge < -0.3 is 10.1 Å². The van der Waals surface area contributed by atoms with Gasteiger partial charge in [0.1, 0.15) is 17.3 Å². The molecule has 0 aliphatic carbocycles. The van der Waals surface area contributed by atoms with Crippen molar-refractivity contribution in [1.29, 1.82) is 0 Å². The Hall–Kier alpha value is -3.64. The Labute approximate surface area is 190 Å². The summed E-state index contributed by atoms with van der Waals surface area (Å²) in [5, 5.41) is 2.98. The van der Waals surface area contributed by atoms with E-state index in [4.69, 9.17) is 16.3 Å². The lowest BCUT2D eigenvalue weighted by molar-refractivity contribution is -0.120. The average molecular weight is 451 g/mol. The van der Waals surface area contributed by atoms with E-state index in [1.807, 2.05) is 32.0 Å². The number of rotatable bonds is 5. The zero-order valence-electron chi connectivity index (χ0n) is 17.7. The number of imide groups is 1. The molecule has 0 saturated carbocycles. The number of amides is 2. The summed E-state index contributed by atoms with van der Waals surface area (Å²) in [6, 6.07) is 16.5. The molecule has 5 nitrogen and oxygen atoms in total. The van der Waals surface area contributed by atoms with Crippen molar-refractivity contribution in [2.45, 2.75) is 13.8 Å². The van der Waals surface area contributed by atoms with Gasteiger partial charge in [0, 0.05) is 11.3 Å². The van der Waals surface area contributed by atoms with Crippen LogP contribution in [-0.4, -0.2) is 18.9 Å². The van der Waals surface area contributed by atoms with E-state index in [1.54, 1.807) is 24.3 Å². The number of hydrogen-bond donors (Lipinski definition) is 1. The van der Waals surface area contributed by atoms with Crippen molar-refractivity contribution in [1.82, 2.24) is 0 Å². The molecule has 1 N–H and O–H groups in total. The second-order valence-electron chi connectivity index (χ2n) is 7.44. The van der Waals surface area contributed by atoms with E-state index in [1.165, 1.54) is 19.2 Å². The third kappa shape index (κ3) is 3.74. The summed E-state index contributed by atoms with van der Waals surface area (Å²) in [4.78, 5) is 28.0. The number of carbonyl (C=O) groups is 2. The van der Waals surface area contributed by atoms with Crippen molar-refractivity contribution < 1.29 is 18.7 Å². The van der Waals surface area contributed by atoms with Crippen molar-refractivity contribution in [2.24, 2.45) is 0 Å². The fraction of sp³-hybridized carbons (Fsp3) is 0.120. The Bertz CT molecular complexity index is 1290. The molecule has 7 heteroatoms. The maximum absolute atomic E-state index is 13.7. The van der Waals surface area contributed by atoms with Gasteiger partial charge in [-0.1, -0.05) is 41.9 Å². The number of benzene rings is 3. The molecule has 0 spiro atoms. The molecule has 0 fully saturated rings. The standard InChI is InChI=1S/C25H20ClFN2O3/c1-14-8-9-15(2)20(12-14)28-23-22(17-6-4-5-7-21(17)32-3)24(30)29(25(23)31)16-10-11-19(27)18(26)13-16/h4-13,28H,1-3H3. The summed E-state index contributed by atoms with van der Waals surface area (Å²) in [6.45, 7) is 3.85. The monoisotopic (exact) mass is 450 g/mol. The molecule has 4 rings (SSSR count). The number of nitrogens with one attached hydrogen (secondary N) is 1. The smallest absolute Gasteiger partial charge is 0.282 e. The van der Waals surface area contributed by atoms with E-state index in [-0.39, 0.29) is 22.0 Å². The van der Waals surface area contributed by atoms with Gasteiger partial charge in [-0.25, -0.2) is 9.29 Å². The fourth-order valence-electron chi connectivity index (χ4n) is 3.61. The zero-order chi connectivity index (χ0) is 23.0. The average Bonchev–Trinajstić information content (AvgIpc) is 3.02. The molecule has 0 aromatic heterocycles. The van der Waals surface area contributed by atoms with Crippen LogP contribution in [0.25, 0.3) is 5.57 Å². The first kappa shape index (κ1) is 21.6. The van der Waals surface area contributed by atoms with Gasteiger partial charge in [0.2, 0.25) is 0 Å². The highest BCUT2D eigenvalue weighted by Crippen LogP contribution is 2.38. The van der Waals surface area contributed by atoms with Crippen molar-refractivity contribution in [2.75, 3.05) is 17.3 Å². The minimum Gasteiger partial charge on any atom is -0.496 e. The molecule has 1 aliphatic rings. The first-order valence-corrected chi connectivity index (χ1v) is 10.3. The first-order valence-electron chi connectivity index (χ1n) is 9.87. The van der Waals surface area contributed by atoms with Gasteiger partial charge in [-0.2, -0.15) is 0 Å². The maximum atomic E-state index is 13.7. The van der Waals surface area contributed by atoms with E-state index in [0.29, 0.717) is 17.0 Å². The Kier molecular flexibility index (Phi) is 5.72. The van der Waals surface area contributed by atoms with Gasteiger partial charge in [0.25, 0.3) is 11.8 Å². The summed E-state index contributed by atoms with van der Waals surface area (Å²) < 4.78 is 19.2. The van der Waals surface area contributed by atoms with Crippen LogP contribution in [0.2, 0.25) is 5.02 Å². The van der Waals surface area contributed by atoms with Crippen LogP contribution in [0.3, 0.4) is 0 Å². The number of anilines is 2. The lowest BCUT2D eigenvalue weighted by Gasteiger charge is -2.16. The molecular formula is C25H20ClFN2O3. The highest BCUT2D eigenvalue weighted by atomic mass is 35.5. The van der Waals surface area contributed by atoms with E-state index < -0.39 is 17.6 Å². The molecule has 2 amide bonds. The number of halogens is 2. The first-order chi connectivity index (χ1) is 15.3. The van der Waals surface area contributed by atoms with Gasteiger partial charge in [-0.05, 0) is 55.3 Å². The molecule has 0 bridgehead atoms. The Morgan fingerprint density at radius 2 is 1.72 bits per heavy atom. The summed E-state index contributed by atoms with van der Waals surface area (Å²) in [7, 11) is 1.50. The third-order valence-electron chi connectivity index (χ3n) is 5.27. The van der Waals surface area contributed by atoms with Crippen LogP contribution in [0.15, 0.2) is 66.4 Å². The Morgan fingerprint density at radius 3 is 2.44 bits per heavy atom. The zero-order valence-corrected chi connectivity index (χ0v) is 18.5. The number of nitrogens with zero attached hydrogens (tertiary/aromatic N) is 1. The summed E-state index contributed by atoms with van der Waals surface area (Å²) >= 11 is 5.92. The van der Waals surface area contributed by atoms with Crippen LogP contribution < -0.4 is 15.0 Å². The minimum absolute atomic E-state index is 0.105. The summed E-state index contributed by atoms with van der Waals surface area (Å²) in [5.74, 6) is -1.32. The van der Waals surface area contributed by atoms with Gasteiger partial charge >= 0.3 is 0 Å². The van der Waals surface area contributed by atoms with E-state index in [0.717, 1.165) is 22.1 Å². The number of ether oxygens (including phenoxy) is 1. The molecule has 1 aliphatic heterocycles. The van der Waals surface area contributed by atoms with E-state index in [2.05, 4.69) is 5.32 Å². The van der Waals surface area contributed by atoms with Gasteiger partial charge in [0.15, 0.2) is 0 Å². The number of hydrogen-bond acceptors (Lipinski definition) is 4. The lowest BCUT2D eigenvalue weighted by Crippen LogP contribution is -2.32. The number of aryl methyl sites for hydroxylation is 2. The van der Waals surface area contributed by atoms with E-state index in [9.17, 15) is 14.0 Å². The van der Waals surface area contributed by atoms with Gasteiger partial charge in [-0.15, -0.1) is 0 Å². The van der Waals surface area contributed by atoms with Crippen LogP contribution in [-0.2, 0) is 9.59 Å². The molecule has 3 aromatic carbocycles. The molecule has 32 heavy (non-hydrogen) atoms. The van der Waals surface area contributed by atoms with Crippen LogP contribution in [0.5, 0.6) is 5.75 Å². The molecule has 3 aromatic rings. The molecule has 162 valence electrons. The van der Waals surface area contributed by atoms with Crippen LogP contribution in [0, 0.1) is 19.7 Å². The topological polar surface area (TPSA) is 58.6 Å². The highest BCUT2D eigenvalue weighted by Gasteiger charge is 2.41. The number of para-hydroxylation sites is 1. The number of methoxy groups -OCH3 is 1. The highest BCUT2D eigenvalue weighted by molar-refractivity contribution is 6.46. The van der Waals surface area contributed by atoms with Crippen LogP contribution in [0.4, 0.5) is 15.8 Å². The van der Waals surface area contributed by atoms with Crippen LogP contribution >= 0.6 is 11.6 Å². The van der Waals surface area contributed by atoms with Crippen molar-refractivity contribution >= 4 is 40.4 Å². The fourth-order valence-corrected chi connectivity index (χ4v) is 3.79. The lowest BCUT2D eigenvalue weighted by atomic mass is 10.0. The molecule has 1 heterocycles. The normalized spacial score (nSPS) is 13.7. The summed E-state index contributed by atoms with van der Waals surface area (Å²) in [5.41, 5.74) is 3.52. The predicted octanol–water partition coefficient (Wildman–Crippen LogP) is 5.50. The number of carbonyl (C=O) groups excluding carboxylic acids is 2. The van der Waals surface area contributed by atoms with Crippen molar-refractivity contribution in [3.63, 3.8) is 0 Å². The van der Waals surface area contributed by atoms with Crippen LogP contribution in [0.1, 0.15) is 16.7 Å². The maximum Gasteiger partial charge on any atom is 0.282 e. The quantitative estimate of drug-likeness (QED) is 0.521.